The van der Waals surface area contributed by atoms with Gasteiger partial charge in [-0.1, -0.05) is 6.07 Å². The van der Waals surface area contributed by atoms with Crippen molar-refractivity contribution in [1.29, 1.82) is 0 Å². The van der Waals surface area contributed by atoms with Crippen LogP contribution in [-0.2, 0) is 6.54 Å². The fraction of sp³-hybridized carbons (Fsp3) is 0.250. The van der Waals surface area contributed by atoms with Crippen LogP contribution in [-0.4, -0.2) is 44.5 Å². The first-order valence-corrected chi connectivity index (χ1v) is 11.0. The van der Waals surface area contributed by atoms with Crippen molar-refractivity contribution >= 4 is 28.7 Å². The molecule has 4 aromatic rings. The number of alkyl halides is 1. The van der Waals surface area contributed by atoms with Crippen LogP contribution in [0.5, 0.6) is 0 Å². The molecule has 2 aliphatic rings. The standard InChI is InChI=1S/C24H22FN7O/c25-15-5-8-31(9-6-15)16-1-4-21(27-11-16)30-19-3-2-17(18-12-29-24(33)23(18)19)20-13-28-22-14-26-7-10-32(20)22/h1-4,7,10-11,13-15H,5-6,8-9,12H2,(H,27,30)(H,29,33). The summed E-state index contributed by atoms with van der Waals surface area (Å²) in [6, 6.07) is 7.78. The maximum Gasteiger partial charge on any atom is 0.254 e. The number of rotatable bonds is 4. The maximum atomic E-state index is 13.4. The molecule has 1 saturated heterocycles. The van der Waals surface area contributed by atoms with Gasteiger partial charge in [0.1, 0.15) is 12.0 Å². The smallest absolute Gasteiger partial charge is 0.254 e. The van der Waals surface area contributed by atoms with Crippen molar-refractivity contribution in [3.8, 4) is 11.3 Å². The number of aromatic nitrogens is 4. The van der Waals surface area contributed by atoms with Crippen LogP contribution in [0.3, 0.4) is 0 Å². The Kier molecular flexibility index (Phi) is 4.67. The van der Waals surface area contributed by atoms with Gasteiger partial charge in [0.05, 0.1) is 41.2 Å². The van der Waals surface area contributed by atoms with Crippen LogP contribution < -0.4 is 15.5 Å². The summed E-state index contributed by atoms with van der Waals surface area (Å²) in [6.45, 7) is 1.85. The van der Waals surface area contributed by atoms with Gasteiger partial charge in [0.2, 0.25) is 0 Å². The van der Waals surface area contributed by atoms with E-state index in [9.17, 15) is 9.18 Å². The lowest BCUT2D eigenvalue weighted by Crippen LogP contribution is -2.34. The second kappa shape index (κ2) is 7.84. The largest absolute Gasteiger partial charge is 0.370 e. The molecule has 166 valence electrons. The van der Waals surface area contributed by atoms with Crippen LogP contribution in [0.1, 0.15) is 28.8 Å². The van der Waals surface area contributed by atoms with Crippen LogP contribution in [0.25, 0.3) is 16.9 Å². The molecule has 0 atom stereocenters. The Morgan fingerprint density at radius 2 is 1.94 bits per heavy atom. The number of carbonyl (C=O) groups excluding carboxylic acids is 1. The number of piperidine rings is 1. The molecule has 5 heterocycles. The van der Waals surface area contributed by atoms with Gasteiger partial charge in [-0.2, -0.15) is 0 Å². The molecular weight excluding hydrogens is 421 g/mol. The summed E-state index contributed by atoms with van der Waals surface area (Å²) in [5, 5.41) is 6.24. The number of benzene rings is 1. The van der Waals surface area contributed by atoms with Crippen molar-refractivity contribution in [2.75, 3.05) is 23.3 Å². The van der Waals surface area contributed by atoms with Crippen molar-refractivity contribution in [3.63, 3.8) is 0 Å². The van der Waals surface area contributed by atoms with E-state index < -0.39 is 6.17 Å². The highest BCUT2D eigenvalue weighted by Crippen LogP contribution is 2.35. The fourth-order valence-corrected chi connectivity index (χ4v) is 4.62. The number of nitrogens with one attached hydrogen (secondary N) is 2. The van der Waals surface area contributed by atoms with E-state index in [1.807, 2.05) is 34.9 Å². The first-order chi connectivity index (χ1) is 16.2. The normalized spacial score (nSPS) is 16.2. The molecule has 0 unspecified atom stereocenters. The van der Waals surface area contributed by atoms with E-state index in [0.717, 1.165) is 28.2 Å². The number of hydrogen-bond acceptors (Lipinski definition) is 6. The van der Waals surface area contributed by atoms with Gasteiger partial charge < -0.3 is 15.5 Å². The number of nitrogens with zero attached hydrogens (tertiary/aromatic N) is 5. The number of hydrogen-bond donors (Lipinski definition) is 2. The van der Waals surface area contributed by atoms with E-state index in [-0.39, 0.29) is 5.91 Å². The summed E-state index contributed by atoms with van der Waals surface area (Å²) in [7, 11) is 0. The first kappa shape index (κ1) is 19.7. The van der Waals surface area contributed by atoms with Gasteiger partial charge in [-0.3, -0.25) is 14.2 Å². The highest BCUT2D eigenvalue weighted by molar-refractivity contribution is 6.06. The molecule has 1 amide bonds. The van der Waals surface area contributed by atoms with Crippen molar-refractivity contribution in [2.24, 2.45) is 0 Å². The number of fused-ring (bicyclic) bond motifs is 2. The SMILES string of the molecule is O=C1NCc2c(-c3cnc4cnccn34)ccc(Nc3ccc(N4CCC(F)CC4)cn3)c21. The lowest BCUT2D eigenvalue weighted by Gasteiger charge is -2.30. The molecule has 0 aliphatic carbocycles. The van der Waals surface area contributed by atoms with Crippen molar-refractivity contribution in [2.45, 2.75) is 25.6 Å². The highest BCUT2D eigenvalue weighted by Gasteiger charge is 2.27. The number of anilines is 3. The Morgan fingerprint density at radius 1 is 1.06 bits per heavy atom. The number of amides is 1. The molecular formula is C24H22FN7O. The topological polar surface area (TPSA) is 87.5 Å². The minimum absolute atomic E-state index is 0.115. The predicted molar refractivity (Wildman–Crippen MR) is 123 cm³/mol. The molecule has 8 nitrogen and oxygen atoms in total. The van der Waals surface area contributed by atoms with Gasteiger partial charge in [0.15, 0.2) is 5.65 Å². The molecule has 2 aliphatic heterocycles. The lowest BCUT2D eigenvalue weighted by molar-refractivity contribution is 0.0966. The first-order valence-electron chi connectivity index (χ1n) is 11.0. The third-order valence-corrected chi connectivity index (χ3v) is 6.36. The molecule has 1 fully saturated rings. The molecule has 9 heteroatoms. The van der Waals surface area contributed by atoms with Crippen LogP contribution in [0.4, 0.5) is 21.6 Å². The fourth-order valence-electron chi connectivity index (χ4n) is 4.62. The number of halogens is 1. The number of carbonyl (C=O) groups is 1. The van der Waals surface area contributed by atoms with E-state index in [1.165, 1.54) is 0 Å². The Morgan fingerprint density at radius 3 is 2.76 bits per heavy atom. The average Bonchev–Trinajstić information content (AvgIpc) is 3.45. The molecule has 0 spiro atoms. The van der Waals surface area contributed by atoms with Gasteiger partial charge in [-0.05, 0) is 36.6 Å². The van der Waals surface area contributed by atoms with Gasteiger partial charge >= 0.3 is 0 Å². The third kappa shape index (κ3) is 3.45. The van der Waals surface area contributed by atoms with E-state index in [2.05, 4.69) is 30.5 Å². The third-order valence-electron chi connectivity index (χ3n) is 6.36. The molecule has 3 aromatic heterocycles. The van der Waals surface area contributed by atoms with E-state index in [0.29, 0.717) is 49.5 Å². The summed E-state index contributed by atoms with van der Waals surface area (Å²) in [6.07, 6.45) is 9.28. The average molecular weight is 443 g/mol. The maximum absolute atomic E-state index is 13.4. The van der Waals surface area contributed by atoms with Crippen molar-refractivity contribution in [3.05, 3.63) is 66.4 Å². The summed E-state index contributed by atoms with van der Waals surface area (Å²) >= 11 is 0. The van der Waals surface area contributed by atoms with E-state index >= 15 is 0 Å². The van der Waals surface area contributed by atoms with Gasteiger partial charge in [-0.25, -0.2) is 14.4 Å². The quantitative estimate of drug-likeness (QED) is 0.500. The van der Waals surface area contributed by atoms with Crippen LogP contribution in [0.15, 0.2) is 55.2 Å². The summed E-state index contributed by atoms with van der Waals surface area (Å²) in [4.78, 5) is 27.9. The zero-order chi connectivity index (χ0) is 22.4. The lowest BCUT2D eigenvalue weighted by atomic mass is 9.99. The zero-order valence-electron chi connectivity index (χ0n) is 17.8. The summed E-state index contributed by atoms with van der Waals surface area (Å²) in [5.74, 6) is 0.533. The Balaban J connectivity index is 1.31. The van der Waals surface area contributed by atoms with Gasteiger partial charge in [0.25, 0.3) is 5.91 Å². The van der Waals surface area contributed by atoms with E-state index in [4.69, 9.17) is 0 Å². The van der Waals surface area contributed by atoms with Gasteiger partial charge in [0, 0.05) is 37.6 Å². The van der Waals surface area contributed by atoms with Crippen molar-refractivity contribution < 1.29 is 9.18 Å². The molecule has 1 aromatic carbocycles. The van der Waals surface area contributed by atoms with Gasteiger partial charge in [-0.15, -0.1) is 0 Å². The van der Waals surface area contributed by atoms with Crippen molar-refractivity contribution in [1.82, 2.24) is 24.7 Å². The molecule has 2 N–H and O–H groups in total. The van der Waals surface area contributed by atoms with Crippen LogP contribution >= 0.6 is 0 Å². The molecule has 0 bridgehead atoms. The summed E-state index contributed by atoms with van der Waals surface area (Å²) in [5.41, 5.74) is 5.84. The minimum Gasteiger partial charge on any atom is -0.370 e. The minimum atomic E-state index is -0.705. The van der Waals surface area contributed by atoms with Crippen LogP contribution in [0, 0.1) is 0 Å². The number of imidazole rings is 1. The van der Waals surface area contributed by atoms with E-state index in [1.54, 1.807) is 24.8 Å². The number of pyridine rings is 1. The summed E-state index contributed by atoms with van der Waals surface area (Å²) < 4.78 is 15.4. The predicted octanol–water partition coefficient (Wildman–Crippen LogP) is 3.72. The highest BCUT2D eigenvalue weighted by atomic mass is 19.1. The monoisotopic (exact) mass is 443 g/mol. The Bertz CT molecular complexity index is 1340. The molecule has 6 rings (SSSR count). The second-order valence-corrected chi connectivity index (χ2v) is 8.33. The molecule has 0 radical (unpaired) electrons. The Labute approximate surface area is 189 Å². The van der Waals surface area contributed by atoms with Crippen LogP contribution in [0.2, 0.25) is 0 Å². The molecule has 33 heavy (non-hydrogen) atoms. The zero-order valence-corrected chi connectivity index (χ0v) is 17.8. The molecule has 0 saturated carbocycles. The Hall–Kier alpha value is -4.01. The second-order valence-electron chi connectivity index (χ2n) is 8.33.